The summed E-state index contributed by atoms with van der Waals surface area (Å²) in [7, 11) is 0. The second kappa shape index (κ2) is 8.88. The summed E-state index contributed by atoms with van der Waals surface area (Å²) < 4.78 is 0. The highest BCUT2D eigenvalue weighted by Gasteiger charge is 2.25. The Balaban J connectivity index is 2.85. The fourth-order valence-electron chi connectivity index (χ4n) is 1.95. The highest BCUT2D eigenvalue weighted by atomic mass is 16.3. The maximum Gasteiger partial charge on any atom is 0.243 e. The van der Waals surface area contributed by atoms with Gasteiger partial charge in [-0.2, -0.15) is 0 Å². The Morgan fingerprint density at radius 2 is 1.71 bits per heavy atom. The third kappa shape index (κ3) is 6.25. The molecule has 0 spiro atoms. The van der Waals surface area contributed by atoms with Gasteiger partial charge in [0.1, 0.15) is 11.8 Å². The van der Waals surface area contributed by atoms with Gasteiger partial charge in [-0.3, -0.25) is 14.4 Å². The van der Waals surface area contributed by atoms with Gasteiger partial charge in [-0.15, -0.1) is 0 Å². The molecule has 8 heteroatoms. The van der Waals surface area contributed by atoms with Gasteiger partial charge >= 0.3 is 0 Å². The lowest BCUT2D eigenvalue weighted by molar-refractivity contribution is -0.130. The Labute approximate surface area is 140 Å². The van der Waals surface area contributed by atoms with E-state index < -0.39 is 29.8 Å². The fourth-order valence-corrected chi connectivity index (χ4v) is 1.95. The molecule has 1 aromatic carbocycles. The first-order chi connectivity index (χ1) is 11.2. The molecule has 0 aromatic heterocycles. The first-order valence-electron chi connectivity index (χ1n) is 7.60. The van der Waals surface area contributed by atoms with Crippen molar-refractivity contribution in [3.63, 3.8) is 0 Å². The molecule has 7 N–H and O–H groups in total. The van der Waals surface area contributed by atoms with Crippen LogP contribution < -0.4 is 22.1 Å². The number of hydrogen-bond acceptors (Lipinski definition) is 5. The van der Waals surface area contributed by atoms with Gasteiger partial charge in [-0.1, -0.05) is 26.0 Å². The molecule has 0 fully saturated rings. The number of phenolic OH excluding ortho intramolecular Hbond substituents is 1. The van der Waals surface area contributed by atoms with Crippen LogP contribution in [0.25, 0.3) is 0 Å². The summed E-state index contributed by atoms with van der Waals surface area (Å²) in [4.78, 5) is 35.2. The van der Waals surface area contributed by atoms with Crippen LogP contribution in [0.2, 0.25) is 0 Å². The maximum atomic E-state index is 12.2. The van der Waals surface area contributed by atoms with E-state index >= 15 is 0 Å². The van der Waals surface area contributed by atoms with Crippen molar-refractivity contribution in [1.29, 1.82) is 0 Å². The number of nitrogens with two attached hydrogens (primary N) is 2. The molecule has 0 radical (unpaired) electrons. The Morgan fingerprint density at radius 3 is 2.21 bits per heavy atom. The molecule has 1 aromatic rings. The topological polar surface area (TPSA) is 148 Å². The first-order valence-corrected chi connectivity index (χ1v) is 7.60. The predicted molar refractivity (Wildman–Crippen MR) is 88.8 cm³/mol. The minimum Gasteiger partial charge on any atom is -0.508 e. The van der Waals surface area contributed by atoms with Gasteiger partial charge in [-0.25, -0.2) is 0 Å². The summed E-state index contributed by atoms with van der Waals surface area (Å²) in [5, 5.41) is 14.3. The van der Waals surface area contributed by atoms with Crippen LogP contribution in [0.15, 0.2) is 24.3 Å². The normalized spacial score (nSPS) is 13.2. The van der Waals surface area contributed by atoms with Crippen molar-refractivity contribution < 1.29 is 19.5 Å². The van der Waals surface area contributed by atoms with E-state index in [1.807, 2.05) is 0 Å². The van der Waals surface area contributed by atoms with Crippen molar-refractivity contribution in [3.05, 3.63) is 29.8 Å². The number of nitrogens with one attached hydrogen (secondary N) is 2. The molecule has 0 saturated carbocycles. The largest absolute Gasteiger partial charge is 0.508 e. The van der Waals surface area contributed by atoms with Crippen LogP contribution in [0.4, 0.5) is 0 Å². The van der Waals surface area contributed by atoms with Crippen LogP contribution >= 0.6 is 0 Å². The molecule has 0 aliphatic carbocycles. The van der Waals surface area contributed by atoms with Crippen molar-refractivity contribution in [2.45, 2.75) is 32.4 Å². The zero-order valence-electron chi connectivity index (χ0n) is 13.8. The van der Waals surface area contributed by atoms with Gasteiger partial charge in [0.15, 0.2) is 0 Å². The van der Waals surface area contributed by atoms with Crippen LogP contribution in [-0.2, 0) is 20.8 Å². The second-order valence-corrected chi connectivity index (χ2v) is 5.89. The summed E-state index contributed by atoms with van der Waals surface area (Å²) >= 11 is 0. The van der Waals surface area contributed by atoms with Crippen LogP contribution in [0.5, 0.6) is 5.75 Å². The van der Waals surface area contributed by atoms with E-state index in [0.29, 0.717) is 0 Å². The molecule has 3 amide bonds. The van der Waals surface area contributed by atoms with Gasteiger partial charge in [0.2, 0.25) is 17.7 Å². The summed E-state index contributed by atoms with van der Waals surface area (Å²) in [6.07, 6.45) is 0.182. The van der Waals surface area contributed by atoms with Gasteiger partial charge in [0, 0.05) is 6.42 Å². The Morgan fingerprint density at radius 1 is 1.12 bits per heavy atom. The standard InChI is InChI=1S/C16H24N4O4/c1-9(2)14(18)16(24)20-12(15(23)19-8-13(17)22)7-10-3-5-11(21)6-4-10/h3-6,9,12,14,21H,7-8,18H2,1-2H3,(H2,17,22)(H,19,23)(H,20,24)/t12-,14-/m0/s1. The number of carbonyl (C=O) groups excluding carboxylic acids is 3. The van der Waals surface area contributed by atoms with E-state index in [4.69, 9.17) is 11.5 Å². The lowest BCUT2D eigenvalue weighted by Crippen LogP contribution is -2.54. The minimum atomic E-state index is -0.911. The Kier molecular flexibility index (Phi) is 7.19. The van der Waals surface area contributed by atoms with Gasteiger partial charge in [0.25, 0.3) is 0 Å². The van der Waals surface area contributed by atoms with Crippen LogP contribution in [0.3, 0.4) is 0 Å². The third-order valence-corrected chi connectivity index (χ3v) is 3.47. The molecule has 24 heavy (non-hydrogen) atoms. The number of primary amides is 1. The van der Waals surface area contributed by atoms with E-state index in [9.17, 15) is 19.5 Å². The van der Waals surface area contributed by atoms with E-state index in [2.05, 4.69) is 10.6 Å². The number of benzene rings is 1. The smallest absolute Gasteiger partial charge is 0.243 e. The predicted octanol–water partition coefficient (Wildman–Crippen LogP) is -0.996. The highest BCUT2D eigenvalue weighted by molar-refractivity contribution is 5.91. The number of phenols is 1. The molecule has 1 rings (SSSR count). The van der Waals surface area contributed by atoms with Crippen molar-refractivity contribution in [2.24, 2.45) is 17.4 Å². The second-order valence-electron chi connectivity index (χ2n) is 5.89. The lowest BCUT2D eigenvalue weighted by Gasteiger charge is -2.22. The zero-order chi connectivity index (χ0) is 18.3. The average Bonchev–Trinajstić information content (AvgIpc) is 2.52. The van der Waals surface area contributed by atoms with Crippen LogP contribution in [0, 0.1) is 5.92 Å². The first kappa shape index (κ1) is 19.4. The number of rotatable bonds is 8. The summed E-state index contributed by atoms with van der Waals surface area (Å²) in [5.41, 5.74) is 11.5. The monoisotopic (exact) mass is 336 g/mol. The lowest BCUT2D eigenvalue weighted by atomic mass is 10.0. The molecular weight excluding hydrogens is 312 g/mol. The zero-order valence-corrected chi connectivity index (χ0v) is 13.8. The molecular formula is C16H24N4O4. The molecule has 2 atom stereocenters. The third-order valence-electron chi connectivity index (χ3n) is 3.47. The van der Waals surface area contributed by atoms with Crippen LogP contribution in [-0.4, -0.2) is 41.5 Å². The fraction of sp³-hybridized carbons (Fsp3) is 0.438. The molecule has 0 heterocycles. The Bertz CT molecular complexity index is 586. The van der Waals surface area contributed by atoms with Gasteiger partial charge in [0.05, 0.1) is 12.6 Å². The maximum absolute atomic E-state index is 12.2. The molecule has 0 bridgehead atoms. The summed E-state index contributed by atoms with van der Waals surface area (Å²) in [6, 6.07) is 4.57. The average molecular weight is 336 g/mol. The molecule has 0 aliphatic heterocycles. The van der Waals surface area contributed by atoms with Crippen molar-refractivity contribution in [2.75, 3.05) is 6.54 Å². The highest BCUT2D eigenvalue weighted by Crippen LogP contribution is 2.12. The van der Waals surface area contributed by atoms with Gasteiger partial charge < -0.3 is 27.2 Å². The number of amides is 3. The van der Waals surface area contributed by atoms with E-state index in [1.54, 1.807) is 26.0 Å². The molecule has 0 aliphatic rings. The van der Waals surface area contributed by atoms with Crippen LogP contribution in [0.1, 0.15) is 19.4 Å². The molecule has 132 valence electrons. The van der Waals surface area contributed by atoms with E-state index in [1.165, 1.54) is 12.1 Å². The van der Waals surface area contributed by atoms with Crippen molar-refractivity contribution >= 4 is 17.7 Å². The number of hydrogen-bond donors (Lipinski definition) is 5. The van der Waals surface area contributed by atoms with Gasteiger partial charge in [-0.05, 0) is 23.6 Å². The number of carbonyl (C=O) groups is 3. The molecule has 8 nitrogen and oxygen atoms in total. The van der Waals surface area contributed by atoms with Crippen molar-refractivity contribution in [1.82, 2.24) is 10.6 Å². The Hall–Kier alpha value is -2.61. The summed E-state index contributed by atoms with van der Waals surface area (Å²) in [6.45, 7) is 3.27. The summed E-state index contributed by atoms with van der Waals surface area (Å²) in [5.74, 6) is -1.67. The SMILES string of the molecule is CC(C)[C@H](N)C(=O)N[C@@H](Cc1ccc(O)cc1)C(=O)NCC(N)=O. The minimum absolute atomic E-state index is 0.0898. The number of aromatic hydroxyl groups is 1. The molecule has 0 unspecified atom stereocenters. The van der Waals surface area contributed by atoms with Crippen molar-refractivity contribution in [3.8, 4) is 5.75 Å². The van der Waals surface area contributed by atoms with E-state index in [-0.39, 0.29) is 24.6 Å². The molecule has 0 saturated heterocycles. The quantitative estimate of drug-likeness (QED) is 0.413. The van der Waals surface area contributed by atoms with E-state index in [0.717, 1.165) is 5.56 Å².